The van der Waals surface area contributed by atoms with Gasteiger partial charge in [0, 0.05) is 11.1 Å². The Morgan fingerprint density at radius 2 is 2.04 bits per heavy atom. The number of imide groups is 1. The van der Waals surface area contributed by atoms with Crippen molar-refractivity contribution in [2.45, 2.75) is 26.4 Å². The average Bonchev–Trinajstić information content (AvgIpc) is 3.00. The summed E-state index contributed by atoms with van der Waals surface area (Å²) in [5.74, 6) is 0.195. The summed E-state index contributed by atoms with van der Waals surface area (Å²) >= 11 is 0. The number of carbonyl (C=O) groups excluding carboxylic acids is 3. The lowest BCUT2D eigenvalue weighted by atomic mass is 10.0. The molecule has 0 aromatic heterocycles. The highest BCUT2D eigenvalue weighted by molar-refractivity contribution is 6.02. The molecule has 0 saturated carbocycles. The second-order valence-corrected chi connectivity index (χ2v) is 6.78. The normalized spacial score (nSPS) is 14.6. The summed E-state index contributed by atoms with van der Waals surface area (Å²) in [5.41, 5.74) is 3.14. The third-order valence-corrected chi connectivity index (χ3v) is 4.67. The first-order valence-corrected chi connectivity index (χ1v) is 9.01. The molecule has 2 aromatic carbocycles. The molecule has 2 N–H and O–H groups in total. The standard InChI is InChI=1S/C21H23N3O4/c1-13-7-8-18(28-3)17(9-13)14(2)23-20(26)16-6-4-5-15(10-16)12-24-19(25)11-22-21(24)27/h4-10,14H,11-12H2,1-3H3,(H,22,27)(H,23,26)/t14-/m1/s1. The molecule has 1 saturated heterocycles. The van der Waals surface area contributed by atoms with Gasteiger partial charge in [-0.2, -0.15) is 0 Å². The predicted molar refractivity (Wildman–Crippen MR) is 104 cm³/mol. The molecule has 0 radical (unpaired) electrons. The van der Waals surface area contributed by atoms with Crippen molar-refractivity contribution in [2.75, 3.05) is 13.7 Å². The maximum atomic E-state index is 12.7. The molecule has 1 atom stereocenters. The predicted octanol–water partition coefficient (Wildman–Crippen LogP) is 2.55. The quantitative estimate of drug-likeness (QED) is 0.753. The largest absolute Gasteiger partial charge is 0.496 e. The fraction of sp³-hybridized carbons (Fsp3) is 0.286. The number of methoxy groups -OCH3 is 1. The van der Waals surface area contributed by atoms with Gasteiger partial charge in [-0.3, -0.25) is 14.5 Å². The first-order valence-electron chi connectivity index (χ1n) is 9.01. The number of benzene rings is 2. The van der Waals surface area contributed by atoms with E-state index in [1.165, 1.54) is 0 Å². The number of amides is 4. The summed E-state index contributed by atoms with van der Waals surface area (Å²) in [6, 6.07) is 12.1. The molecule has 2 aromatic rings. The number of hydrogen-bond donors (Lipinski definition) is 2. The molecule has 0 unspecified atom stereocenters. The topological polar surface area (TPSA) is 87.7 Å². The highest BCUT2D eigenvalue weighted by atomic mass is 16.5. The minimum absolute atomic E-state index is 0.00878. The van der Waals surface area contributed by atoms with Crippen LogP contribution in [0.1, 0.15) is 40.0 Å². The van der Waals surface area contributed by atoms with Crippen LogP contribution in [0.25, 0.3) is 0 Å². The first-order chi connectivity index (χ1) is 13.4. The third-order valence-electron chi connectivity index (χ3n) is 4.67. The van der Waals surface area contributed by atoms with Gasteiger partial charge in [0.25, 0.3) is 5.91 Å². The van der Waals surface area contributed by atoms with E-state index in [0.717, 1.165) is 16.0 Å². The highest BCUT2D eigenvalue weighted by Gasteiger charge is 2.28. The molecule has 146 valence electrons. The van der Waals surface area contributed by atoms with Crippen LogP contribution in [-0.2, 0) is 11.3 Å². The average molecular weight is 381 g/mol. The molecular formula is C21H23N3O4. The second kappa shape index (κ2) is 8.12. The molecule has 0 spiro atoms. The number of urea groups is 1. The summed E-state index contributed by atoms with van der Waals surface area (Å²) < 4.78 is 5.40. The van der Waals surface area contributed by atoms with Gasteiger partial charge in [-0.05, 0) is 37.6 Å². The molecular weight excluding hydrogens is 358 g/mol. The lowest BCUT2D eigenvalue weighted by molar-refractivity contribution is -0.125. The van der Waals surface area contributed by atoms with Crippen LogP contribution in [0.2, 0.25) is 0 Å². The summed E-state index contributed by atoms with van der Waals surface area (Å²) in [5, 5.41) is 5.46. The Bertz CT molecular complexity index is 910. The van der Waals surface area contributed by atoms with Gasteiger partial charge in [0.15, 0.2) is 0 Å². The summed E-state index contributed by atoms with van der Waals surface area (Å²) in [7, 11) is 1.60. The molecule has 28 heavy (non-hydrogen) atoms. The number of hydrogen-bond acceptors (Lipinski definition) is 4. The van der Waals surface area contributed by atoms with E-state index >= 15 is 0 Å². The zero-order valence-electron chi connectivity index (χ0n) is 16.1. The molecule has 4 amide bonds. The third kappa shape index (κ3) is 4.14. The van der Waals surface area contributed by atoms with E-state index in [2.05, 4.69) is 10.6 Å². The zero-order valence-corrected chi connectivity index (χ0v) is 16.1. The van der Waals surface area contributed by atoms with Crippen molar-refractivity contribution in [2.24, 2.45) is 0 Å². The Morgan fingerprint density at radius 1 is 1.25 bits per heavy atom. The van der Waals surface area contributed by atoms with Gasteiger partial charge in [0.1, 0.15) is 5.75 Å². The molecule has 7 nitrogen and oxygen atoms in total. The van der Waals surface area contributed by atoms with Crippen molar-refractivity contribution < 1.29 is 19.1 Å². The number of rotatable bonds is 6. The summed E-state index contributed by atoms with van der Waals surface area (Å²) in [6.07, 6.45) is 0. The van der Waals surface area contributed by atoms with E-state index in [-0.39, 0.29) is 30.9 Å². The second-order valence-electron chi connectivity index (χ2n) is 6.78. The van der Waals surface area contributed by atoms with Crippen LogP contribution in [-0.4, -0.2) is 36.4 Å². The Labute approximate surface area is 163 Å². The van der Waals surface area contributed by atoms with E-state index in [0.29, 0.717) is 16.9 Å². The lowest BCUT2D eigenvalue weighted by Crippen LogP contribution is -2.30. The van der Waals surface area contributed by atoms with Gasteiger partial charge in [0.2, 0.25) is 5.91 Å². The number of aryl methyl sites for hydroxylation is 1. The van der Waals surface area contributed by atoms with E-state index in [1.807, 2.05) is 32.0 Å². The number of nitrogens with one attached hydrogen (secondary N) is 2. The van der Waals surface area contributed by atoms with Gasteiger partial charge in [0.05, 0.1) is 26.2 Å². The van der Waals surface area contributed by atoms with Crippen molar-refractivity contribution in [3.05, 3.63) is 64.7 Å². The van der Waals surface area contributed by atoms with Crippen LogP contribution in [0.15, 0.2) is 42.5 Å². The maximum absolute atomic E-state index is 12.7. The Hall–Kier alpha value is -3.35. The molecule has 0 bridgehead atoms. The van der Waals surface area contributed by atoms with E-state index < -0.39 is 6.03 Å². The SMILES string of the molecule is COc1ccc(C)cc1[C@@H](C)NC(=O)c1cccc(CN2C(=O)CNC2=O)c1. The maximum Gasteiger partial charge on any atom is 0.324 e. The smallest absolute Gasteiger partial charge is 0.324 e. The van der Waals surface area contributed by atoms with Gasteiger partial charge in [-0.1, -0.05) is 29.8 Å². The Balaban J connectivity index is 1.73. The molecule has 1 fully saturated rings. The van der Waals surface area contributed by atoms with Crippen molar-refractivity contribution in [1.29, 1.82) is 0 Å². The molecule has 7 heteroatoms. The Morgan fingerprint density at radius 3 is 2.71 bits per heavy atom. The van der Waals surface area contributed by atoms with Gasteiger partial charge in [-0.25, -0.2) is 4.79 Å². The first kappa shape index (κ1) is 19.4. The van der Waals surface area contributed by atoms with Crippen molar-refractivity contribution >= 4 is 17.8 Å². The van der Waals surface area contributed by atoms with Crippen LogP contribution in [0.5, 0.6) is 5.75 Å². The van der Waals surface area contributed by atoms with Crippen molar-refractivity contribution in [3.63, 3.8) is 0 Å². The molecule has 0 aliphatic carbocycles. The fourth-order valence-electron chi connectivity index (χ4n) is 3.16. The van der Waals surface area contributed by atoms with E-state index in [1.54, 1.807) is 31.4 Å². The zero-order chi connectivity index (χ0) is 20.3. The van der Waals surface area contributed by atoms with Crippen molar-refractivity contribution in [3.8, 4) is 5.75 Å². The van der Waals surface area contributed by atoms with Crippen LogP contribution >= 0.6 is 0 Å². The van der Waals surface area contributed by atoms with Crippen LogP contribution in [0, 0.1) is 6.92 Å². The minimum Gasteiger partial charge on any atom is -0.496 e. The van der Waals surface area contributed by atoms with Gasteiger partial charge < -0.3 is 15.4 Å². The van der Waals surface area contributed by atoms with Crippen LogP contribution in [0.4, 0.5) is 4.79 Å². The molecule has 3 rings (SSSR count). The molecule has 1 aliphatic rings. The Kier molecular flexibility index (Phi) is 5.63. The molecule has 1 aliphatic heterocycles. The van der Waals surface area contributed by atoms with Crippen LogP contribution < -0.4 is 15.4 Å². The number of nitrogens with zero attached hydrogens (tertiary/aromatic N) is 1. The molecule has 1 heterocycles. The summed E-state index contributed by atoms with van der Waals surface area (Å²) in [6.45, 7) is 4.02. The number of ether oxygens (including phenoxy) is 1. The van der Waals surface area contributed by atoms with E-state index in [4.69, 9.17) is 4.74 Å². The highest BCUT2D eigenvalue weighted by Crippen LogP contribution is 2.26. The minimum atomic E-state index is -0.417. The van der Waals surface area contributed by atoms with Crippen molar-refractivity contribution in [1.82, 2.24) is 15.5 Å². The summed E-state index contributed by atoms with van der Waals surface area (Å²) in [4.78, 5) is 37.3. The van der Waals surface area contributed by atoms with Gasteiger partial charge >= 0.3 is 6.03 Å². The fourth-order valence-corrected chi connectivity index (χ4v) is 3.16. The lowest BCUT2D eigenvalue weighted by Gasteiger charge is -2.18. The van der Waals surface area contributed by atoms with Crippen LogP contribution in [0.3, 0.4) is 0 Å². The number of carbonyl (C=O) groups is 3. The van der Waals surface area contributed by atoms with Gasteiger partial charge in [-0.15, -0.1) is 0 Å². The van der Waals surface area contributed by atoms with E-state index in [9.17, 15) is 14.4 Å². The monoisotopic (exact) mass is 381 g/mol.